The van der Waals surface area contributed by atoms with E-state index in [1.54, 1.807) is 26.1 Å². The predicted molar refractivity (Wildman–Crippen MR) is 98.6 cm³/mol. The van der Waals surface area contributed by atoms with Gasteiger partial charge in [0, 0.05) is 14.1 Å². The van der Waals surface area contributed by atoms with Gasteiger partial charge in [0.05, 0.1) is 22.2 Å². The van der Waals surface area contributed by atoms with Crippen molar-refractivity contribution in [2.45, 2.75) is 6.92 Å². The fraction of sp³-hybridized carbons (Fsp3) is 0.333. The van der Waals surface area contributed by atoms with Gasteiger partial charge in [0.2, 0.25) is 0 Å². The Kier molecular flexibility index (Phi) is 5.74. The summed E-state index contributed by atoms with van der Waals surface area (Å²) in [5, 5.41) is 0.699. The number of carbonyl (C=O) groups is 1. The molecule has 1 aliphatic heterocycles. The molecule has 0 aromatic heterocycles. The molecular formula is C15H17IN2O3S. The summed E-state index contributed by atoms with van der Waals surface area (Å²) in [4.78, 5) is 18.5. The molecule has 1 saturated heterocycles. The molecule has 0 radical (unpaired) electrons. The maximum Gasteiger partial charge on any atom is 0.266 e. The van der Waals surface area contributed by atoms with E-state index < -0.39 is 0 Å². The number of hydrogen-bond acceptors (Lipinski definition) is 5. The molecule has 22 heavy (non-hydrogen) atoms. The lowest BCUT2D eigenvalue weighted by atomic mass is 10.2. The number of methoxy groups -OCH3 is 1. The molecule has 2 rings (SSSR count). The second-order valence-electron chi connectivity index (χ2n) is 4.45. The maximum absolute atomic E-state index is 12.2. The molecule has 0 N–H and O–H groups in total. The monoisotopic (exact) mass is 432 g/mol. The Balaban J connectivity index is 2.42. The number of rotatable bonds is 4. The number of benzene rings is 1. The van der Waals surface area contributed by atoms with Gasteiger partial charge in [-0.25, -0.2) is 0 Å². The molecule has 1 heterocycles. The first-order chi connectivity index (χ1) is 10.5. The quantitative estimate of drug-likeness (QED) is 0.542. The molecule has 118 valence electrons. The van der Waals surface area contributed by atoms with Gasteiger partial charge in [-0.3, -0.25) is 14.7 Å². The molecule has 7 heteroatoms. The van der Waals surface area contributed by atoms with Crippen molar-refractivity contribution in [3.8, 4) is 11.5 Å². The van der Waals surface area contributed by atoms with E-state index >= 15 is 0 Å². The van der Waals surface area contributed by atoms with Gasteiger partial charge >= 0.3 is 0 Å². The van der Waals surface area contributed by atoms with E-state index in [2.05, 4.69) is 27.6 Å². The topological polar surface area (TPSA) is 51.1 Å². The Morgan fingerprint density at radius 2 is 2.18 bits per heavy atom. The SMILES string of the molecule is CCOc1cc(/C=C2/SC(=NC)N(C)C2=O)cc(I)c1OC. The summed E-state index contributed by atoms with van der Waals surface area (Å²) >= 11 is 3.57. The minimum atomic E-state index is -0.0469. The van der Waals surface area contributed by atoms with E-state index in [1.807, 2.05) is 25.1 Å². The van der Waals surface area contributed by atoms with Gasteiger partial charge in [0.15, 0.2) is 16.7 Å². The van der Waals surface area contributed by atoms with Crippen molar-refractivity contribution >= 4 is 51.5 Å². The summed E-state index contributed by atoms with van der Waals surface area (Å²) < 4.78 is 11.9. The van der Waals surface area contributed by atoms with Crippen molar-refractivity contribution in [3.63, 3.8) is 0 Å². The smallest absolute Gasteiger partial charge is 0.266 e. The van der Waals surface area contributed by atoms with E-state index in [0.29, 0.717) is 28.2 Å². The van der Waals surface area contributed by atoms with Crippen LogP contribution in [-0.2, 0) is 4.79 Å². The van der Waals surface area contributed by atoms with Gasteiger partial charge in [0.1, 0.15) is 0 Å². The predicted octanol–water partition coefficient (Wildman–Crippen LogP) is 3.23. The average molecular weight is 432 g/mol. The van der Waals surface area contributed by atoms with Gasteiger partial charge in [-0.15, -0.1) is 0 Å². The van der Waals surface area contributed by atoms with Crippen molar-refractivity contribution in [3.05, 3.63) is 26.2 Å². The first-order valence-electron chi connectivity index (χ1n) is 6.66. The number of thioether (sulfide) groups is 1. The van der Waals surface area contributed by atoms with Crippen molar-refractivity contribution in [1.82, 2.24) is 4.90 Å². The van der Waals surface area contributed by atoms with Gasteiger partial charge in [-0.1, -0.05) is 0 Å². The summed E-state index contributed by atoms with van der Waals surface area (Å²) in [5.41, 5.74) is 0.898. The minimum Gasteiger partial charge on any atom is -0.492 e. The van der Waals surface area contributed by atoms with Gasteiger partial charge < -0.3 is 9.47 Å². The Morgan fingerprint density at radius 3 is 2.73 bits per heavy atom. The maximum atomic E-state index is 12.2. The number of halogens is 1. The Hall–Kier alpha value is -1.22. The highest BCUT2D eigenvalue weighted by Gasteiger charge is 2.29. The number of carbonyl (C=O) groups excluding carboxylic acids is 1. The largest absolute Gasteiger partial charge is 0.492 e. The van der Waals surface area contributed by atoms with Crippen LogP contribution in [0.3, 0.4) is 0 Å². The van der Waals surface area contributed by atoms with E-state index in [-0.39, 0.29) is 5.91 Å². The van der Waals surface area contributed by atoms with Gasteiger partial charge in [0.25, 0.3) is 5.91 Å². The molecule has 1 amide bonds. The summed E-state index contributed by atoms with van der Waals surface area (Å²) in [6.07, 6.45) is 1.85. The molecular weight excluding hydrogens is 415 g/mol. The minimum absolute atomic E-state index is 0.0469. The zero-order valence-electron chi connectivity index (χ0n) is 12.8. The molecule has 5 nitrogen and oxygen atoms in total. The van der Waals surface area contributed by atoms with Crippen molar-refractivity contribution < 1.29 is 14.3 Å². The number of likely N-dealkylation sites (N-methyl/N-ethyl adjacent to an activating group) is 1. The molecule has 1 aromatic rings. The van der Waals surface area contributed by atoms with E-state index in [9.17, 15) is 4.79 Å². The second-order valence-corrected chi connectivity index (χ2v) is 6.62. The highest BCUT2D eigenvalue weighted by atomic mass is 127. The number of nitrogens with zero attached hydrogens (tertiary/aromatic N) is 2. The van der Waals surface area contributed by atoms with Crippen molar-refractivity contribution in [2.24, 2.45) is 4.99 Å². The molecule has 0 saturated carbocycles. The second kappa shape index (κ2) is 7.36. The highest BCUT2D eigenvalue weighted by molar-refractivity contribution is 14.1. The molecule has 0 unspecified atom stereocenters. The van der Waals surface area contributed by atoms with Gasteiger partial charge in [-0.05, 0) is 65.0 Å². The third-order valence-corrected chi connectivity index (χ3v) is 4.98. The van der Waals surface area contributed by atoms with Crippen LogP contribution in [0.4, 0.5) is 0 Å². The lowest BCUT2D eigenvalue weighted by Crippen LogP contribution is -2.23. The third kappa shape index (κ3) is 3.40. The normalized spacial score (nSPS) is 18.4. The zero-order valence-corrected chi connectivity index (χ0v) is 15.8. The van der Waals surface area contributed by atoms with Gasteiger partial charge in [-0.2, -0.15) is 0 Å². The molecule has 1 aliphatic rings. The lowest BCUT2D eigenvalue weighted by molar-refractivity contribution is -0.121. The Morgan fingerprint density at radius 1 is 1.45 bits per heavy atom. The standard InChI is InChI=1S/C15H17IN2O3S/c1-5-21-11-7-9(6-10(16)13(11)20-4)8-12-14(19)18(3)15(17-2)22-12/h6-8H,5H2,1-4H3/b12-8+,17-15?. The van der Waals surface area contributed by atoms with Crippen LogP contribution in [0.5, 0.6) is 11.5 Å². The lowest BCUT2D eigenvalue weighted by Gasteiger charge is -2.12. The van der Waals surface area contributed by atoms with Crippen LogP contribution in [0.15, 0.2) is 22.0 Å². The fourth-order valence-corrected chi connectivity index (χ4v) is 3.81. The van der Waals surface area contributed by atoms with Crippen LogP contribution in [0.1, 0.15) is 12.5 Å². The van der Waals surface area contributed by atoms with E-state index in [1.165, 1.54) is 11.8 Å². The summed E-state index contributed by atoms with van der Waals surface area (Å²) in [6.45, 7) is 2.47. The van der Waals surface area contributed by atoms with Crippen LogP contribution in [-0.4, -0.2) is 43.8 Å². The van der Waals surface area contributed by atoms with E-state index in [4.69, 9.17) is 9.47 Å². The number of ether oxygens (including phenoxy) is 2. The van der Waals surface area contributed by atoms with E-state index in [0.717, 1.165) is 9.13 Å². The molecule has 0 spiro atoms. The number of aliphatic imine (C=N–C) groups is 1. The van der Waals surface area contributed by atoms with Crippen molar-refractivity contribution in [2.75, 3.05) is 27.8 Å². The van der Waals surface area contributed by atoms with Crippen LogP contribution >= 0.6 is 34.4 Å². The number of hydrogen-bond donors (Lipinski definition) is 0. The summed E-state index contributed by atoms with van der Waals surface area (Å²) in [7, 11) is 5.02. The molecule has 1 fully saturated rings. The average Bonchev–Trinajstić information content (AvgIpc) is 2.75. The third-order valence-electron chi connectivity index (χ3n) is 3.03. The van der Waals surface area contributed by atoms with Crippen molar-refractivity contribution in [1.29, 1.82) is 0 Å². The first kappa shape index (κ1) is 17.1. The molecule has 0 atom stereocenters. The summed E-state index contributed by atoms with van der Waals surface area (Å²) in [6, 6.07) is 3.84. The summed E-state index contributed by atoms with van der Waals surface area (Å²) in [5.74, 6) is 1.34. The Bertz CT molecular complexity index is 658. The van der Waals surface area contributed by atoms with Crippen LogP contribution in [0, 0.1) is 3.57 Å². The number of amidine groups is 1. The molecule has 0 aliphatic carbocycles. The zero-order chi connectivity index (χ0) is 16.3. The number of amides is 1. The molecule has 1 aromatic carbocycles. The van der Waals surface area contributed by atoms with Crippen LogP contribution < -0.4 is 9.47 Å². The molecule has 0 bridgehead atoms. The fourth-order valence-electron chi connectivity index (χ4n) is 2.03. The highest BCUT2D eigenvalue weighted by Crippen LogP contribution is 2.36. The Labute approximate surface area is 147 Å². The first-order valence-corrected chi connectivity index (χ1v) is 8.56. The van der Waals surface area contributed by atoms with Crippen LogP contribution in [0.2, 0.25) is 0 Å². The van der Waals surface area contributed by atoms with Crippen LogP contribution in [0.25, 0.3) is 6.08 Å².